The van der Waals surface area contributed by atoms with Gasteiger partial charge in [-0.3, -0.25) is 0 Å². The molecular formula is C16H17O3. The molecule has 2 rings (SSSR count). The molecule has 1 unspecified atom stereocenters. The fraction of sp³-hybridized carbons (Fsp3) is 0.250. The van der Waals surface area contributed by atoms with Gasteiger partial charge in [-0.2, -0.15) is 0 Å². The highest BCUT2D eigenvalue weighted by Crippen LogP contribution is 2.19. The van der Waals surface area contributed by atoms with Crippen LogP contribution in [0.2, 0.25) is 0 Å². The summed E-state index contributed by atoms with van der Waals surface area (Å²) < 4.78 is 16.4. The van der Waals surface area contributed by atoms with Crippen molar-refractivity contribution in [3.63, 3.8) is 0 Å². The number of methoxy groups -OCH3 is 1. The highest BCUT2D eigenvalue weighted by Gasteiger charge is 2.05. The van der Waals surface area contributed by atoms with Gasteiger partial charge in [-0.1, -0.05) is 30.3 Å². The van der Waals surface area contributed by atoms with Gasteiger partial charge in [0.15, 0.2) is 6.29 Å². The Kier molecular flexibility index (Phi) is 4.81. The van der Waals surface area contributed by atoms with Crippen molar-refractivity contribution in [1.29, 1.82) is 0 Å². The Bertz CT molecular complexity index is 496. The van der Waals surface area contributed by atoms with Crippen molar-refractivity contribution in [2.75, 3.05) is 7.11 Å². The Balaban J connectivity index is 1.85. The summed E-state index contributed by atoms with van der Waals surface area (Å²) in [5, 5.41) is 0. The lowest BCUT2D eigenvalue weighted by Gasteiger charge is -2.15. The van der Waals surface area contributed by atoms with E-state index in [1.54, 1.807) is 19.2 Å². The third kappa shape index (κ3) is 4.30. The molecule has 0 aliphatic heterocycles. The van der Waals surface area contributed by atoms with Crippen LogP contribution in [-0.2, 0) is 11.3 Å². The van der Waals surface area contributed by atoms with Crippen molar-refractivity contribution < 1.29 is 14.2 Å². The molecule has 0 aliphatic carbocycles. The van der Waals surface area contributed by atoms with E-state index in [1.165, 1.54) is 0 Å². The first-order chi connectivity index (χ1) is 9.28. The van der Waals surface area contributed by atoms with Crippen LogP contribution < -0.4 is 9.47 Å². The van der Waals surface area contributed by atoms with Crippen LogP contribution in [0.25, 0.3) is 0 Å². The van der Waals surface area contributed by atoms with Gasteiger partial charge >= 0.3 is 0 Å². The van der Waals surface area contributed by atoms with Crippen molar-refractivity contribution in [3.8, 4) is 11.5 Å². The van der Waals surface area contributed by atoms with Gasteiger partial charge in [-0.05, 0) is 24.6 Å². The molecular weight excluding hydrogens is 240 g/mol. The van der Waals surface area contributed by atoms with Crippen molar-refractivity contribution in [2.24, 2.45) is 0 Å². The molecule has 3 heteroatoms. The van der Waals surface area contributed by atoms with Crippen molar-refractivity contribution in [2.45, 2.75) is 19.8 Å². The van der Waals surface area contributed by atoms with E-state index in [4.69, 9.17) is 14.2 Å². The van der Waals surface area contributed by atoms with E-state index >= 15 is 0 Å². The van der Waals surface area contributed by atoms with Gasteiger partial charge in [0.2, 0.25) is 0 Å². The summed E-state index contributed by atoms with van der Waals surface area (Å²) in [4.78, 5) is 0. The Labute approximate surface area is 113 Å². The standard InChI is InChI=1S/C16H17O3/c1-13(18-12-14-7-4-3-5-8-14)19-16-10-6-9-15(11-16)17-2/h3-9,11,13H,12H2,1-2H3. The molecule has 19 heavy (non-hydrogen) atoms. The summed E-state index contributed by atoms with van der Waals surface area (Å²) in [7, 11) is 1.62. The average Bonchev–Trinajstić information content (AvgIpc) is 2.46. The van der Waals surface area contributed by atoms with Gasteiger partial charge in [-0.15, -0.1) is 0 Å². The third-order valence-electron chi connectivity index (χ3n) is 2.60. The number of benzene rings is 2. The van der Waals surface area contributed by atoms with Crippen LogP contribution in [0.15, 0.2) is 48.5 Å². The quantitative estimate of drug-likeness (QED) is 0.742. The van der Waals surface area contributed by atoms with Gasteiger partial charge in [-0.25, -0.2) is 0 Å². The third-order valence-corrected chi connectivity index (χ3v) is 2.60. The first-order valence-electron chi connectivity index (χ1n) is 6.16. The summed E-state index contributed by atoms with van der Waals surface area (Å²) in [5.74, 6) is 1.35. The number of ether oxygens (including phenoxy) is 3. The molecule has 0 bridgehead atoms. The molecule has 0 aromatic heterocycles. The van der Waals surface area contributed by atoms with Crippen LogP contribution in [0, 0.1) is 6.07 Å². The van der Waals surface area contributed by atoms with Crippen LogP contribution in [0.1, 0.15) is 12.5 Å². The van der Waals surface area contributed by atoms with E-state index in [0.717, 1.165) is 11.3 Å². The molecule has 2 aromatic rings. The Morgan fingerprint density at radius 2 is 1.95 bits per heavy atom. The lowest BCUT2D eigenvalue weighted by atomic mass is 10.2. The molecule has 0 amide bonds. The molecule has 0 saturated heterocycles. The zero-order valence-electron chi connectivity index (χ0n) is 11.1. The molecule has 0 heterocycles. The van der Waals surface area contributed by atoms with Gasteiger partial charge in [0.25, 0.3) is 0 Å². The number of hydrogen-bond acceptors (Lipinski definition) is 3. The van der Waals surface area contributed by atoms with Gasteiger partial charge < -0.3 is 14.2 Å². The molecule has 2 aromatic carbocycles. The van der Waals surface area contributed by atoms with E-state index in [0.29, 0.717) is 12.4 Å². The minimum atomic E-state index is -0.344. The van der Waals surface area contributed by atoms with Crippen molar-refractivity contribution in [1.82, 2.24) is 0 Å². The first kappa shape index (κ1) is 13.4. The Morgan fingerprint density at radius 1 is 1.16 bits per heavy atom. The van der Waals surface area contributed by atoms with Crippen LogP contribution in [0.5, 0.6) is 11.5 Å². The smallest absolute Gasteiger partial charge is 0.197 e. The normalized spacial score (nSPS) is 11.9. The second-order valence-corrected chi connectivity index (χ2v) is 4.07. The molecule has 1 radical (unpaired) electrons. The van der Waals surface area contributed by atoms with Gasteiger partial charge in [0.1, 0.15) is 11.5 Å². The van der Waals surface area contributed by atoms with Crippen LogP contribution in [-0.4, -0.2) is 13.4 Å². The van der Waals surface area contributed by atoms with E-state index in [-0.39, 0.29) is 6.29 Å². The van der Waals surface area contributed by atoms with E-state index in [2.05, 4.69) is 6.07 Å². The summed E-state index contributed by atoms with van der Waals surface area (Å²) in [6.07, 6.45) is -0.344. The zero-order valence-corrected chi connectivity index (χ0v) is 11.1. The van der Waals surface area contributed by atoms with Crippen LogP contribution in [0.3, 0.4) is 0 Å². The monoisotopic (exact) mass is 257 g/mol. The maximum atomic E-state index is 5.62. The molecule has 0 spiro atoms. The summed E-state index contributed by atoms with van der Waals surface area (Å²) in [6, 6.07) is 18.3. The molecule has 0 N–H and O–H groups in total. The Hall–Kier alpha value is -2.00. The van der Waals surface area contributed by atoms with Gasteiger partial charge in [0, 0.05) is 12.1 Å². The highest BCUT2D eigenvalue weighted by molar-refractivity contribution is 5.31. The Morgan fingerprint density at radius 3 is 2.68 bits per heavy atom. The largest absolute Gasteiger partial charge is 0.497 e. The molecule has 0 saturated carbocycles. The second-order valence-electron chi connectivity index (χ2n) is 4.07. The van der Waals surface area contributed by atoms with Crippen molar-refractivity contribution in [3.05, 3.63) is 60.2 Å². The molecule has 0 aliphatic rings. The van der Waals surface area contributed by atoms with E-state index in [9.17, 15) is 0 Å². The predicted molar refractivity (Wildman–Crippen MR) is 73.2 cm³/mol. The summed E-state index contributed by atoms with van der Waals surface area (Å²) >= 11 is 0. The number of rotatable bonds is 6. The maximum absolute atomic E-state index is 5.62. The molecule has 3 nitrogen and oxygen atoms in total. The fourth-order valence-electron chi connectivity index (χ4n) is 1.62. The van der Waals surface area contributed by atoms with Crippen molar-refractivity contribution >= 4 is 0 Å². The topological polar surface area (TPSA) is 27.7 Å². The van der Waals surface area contributed by atoms with E-state index < -0.39 is 0 Å². The maximum Gasteiger partial charge on any atom is 0.197 e. The average molecular weight is 257 g/mol. The van der Waals surface area contributed by atoms with E-state index in [1.807, 2.05) is 43.3 Å². The minimum absolute atomic E-state index is 0.344. The highest BCUT2D eigenvalue weighted by atomic mass is 16.7. The minimum Gasteiger partial charge on any atom is -0.497 e. The zero-order chi connectivity index (χ0) is 13.5. The first-order valence-corrected chi connectivity index (χ1v) is 6.16. The van der Waals surface area contributed by atoms with Crippen LogP contribution >= 0.6 is 0 Å². The van der Waals surface area contributed by atoms with Gasteiger partial charge in [0.05, 0.1) is 13.7 Å². The molecule has 99 valence electrons. The summed E-state index contributed by atoms with van der Waals surface area (Å²) in [5.41, 5.74) is 1.12. The molecule has 1 atom stereocenters. The SMILES string of the molecule is COc1cc[c]c(OC(C)OCc2ccccc2)c1. The fourth-order valence-corrected chi connectivity index (χ4v) is 1.62. The lowest BCUT2D eigenvalue weighted by molar-refractivity contribution is -0.0760. The van der Waals surface area contributed by atoms with Crippen LogP contribution in [0.4, 0.5) is 0 Å². The second kappa shape index (κ2) is 6.81. The molecule has 0 fully saturated rings. The predicted octanol–water partition coefficient (Wildman–Crippen LogP) is 3.44. The summed E-state index contributed by atoms with van der Waals surface area (Å²) in [6.45, 7) is 2.38. The lowest BCUT2D eigenvalue weighted by Crippen LogP contribution is -2.16. The number of hydrogen-bond donors (Lipinski definition) is 0.